The molecule has 1 fully saturated rings. The van der Waals surface area contributed by atoms with Gasteiger partial charge in [-0.2, -0.15) is 11.8 Å². The molecule has 0 spiro atoms. The van der Waals surface area contributed by atoms with Crippen LogP contribution in [0.25, 0.3) is 0 Å². The van der Waals surface area contributed by atoms with Crippen LogP contribution in [0.4, 0.5) is 0 Å². The Morgan fingerprint density at radius 1 is 1.73 bits per heavy atom. The van der Waals surface area contributed by atoms with E-state index in [1.807, 2.05) is 11.9 Å². The number of hydrogen-bond donors (Lipinski definition) is 1. The van der Waals surface area contributed by atoms with Crippen LogP contribution < -0.4 is 0 Å². The van der Waals surface area contributed by atoms with E-state index in [4.69, 9.17) is 5.11 Å². The standard InChI is InChI=1S/C7H13NO2S/c1-7(6(9)10)5-11-4-3-8(7)2/h3-5H2,1-2H3,(H,9,10). The molecule has 3 nitrogen and oxygen atoms in total. The summed E-state index contributed by atoms with van der Waals surface area (Å²) in [5.41, 5.74) is -0.650. The first kappa shape index (κ1) is 8.87. The van der Waals surface area contributed by atoms with Crippen molar-refractivity contribution in [3.63, 3.8) is 0 Å². The highest BCUT2D eigenvalue weighted by molar-refractivity contribution is 7.99. The maximum atomic E-state index is 10.8. The van der Waals surface area contributed by atoms with E-state index in [1.165, 1.54) is 0 Å². The maximum Gasteiger partial charge on any atom is 0.324 e. The Hall–Kier alpha value is -0.220. The molecule has 1 N–H and O–H groups in total. The first-order valence-corrected chi connectivity index (χ1v) is 4.75. The Balaban J connectivity index is 2.72. The molecule has 64 valence electrons. The van der Waals surface area contributed by atoms with Crippen molar-refractivity contribution in [3.8, 4) is 0 Å². The Labute approximate surface area is 70.8 Å². The van der Waals surface area contributed by atoms with E-state index >= 15 is 0 Å². The third-order valence-corrected chi connectivity index (χ3v) is 3.49. The molecule has 4 heteroatoms. The molecule has 1 heterocycles. The first-order chi connectivity index (χ1) is 5.07. The zero-order chi connectivity index (χ0) is 8.48. The first-order valence-electron chi connectivity index (χ1n) is 3.60. The van der Waals surface area contributed by atoms with Gasteiger partial charge in [0.25, 0.3) is 0 Å². The van der Waals surface area contributed by atoms with Gasteiger partial charge in [0, 0.05) is 18.1 Å². The third kappa shape index (κ3) is 1.51. The van der Waals surface area contributed by atoms with Crippen LogP contribution in [0.15, 0.2) is 0 Å². The van der Waals surface area contributed by atoms with E-state index in [0.717, 1.165) is 12.3 Å². The van der Waals surface area contributed by atoms with Gasteiger partial charge in [-0.25, -0.2) is 0 Å². The molecule has 1 unspecified atom stereocenters. The van der Waals surface area contributed by atoms with Gasteiger partial charge in [-0.1, -0.05) is 0 Å². The van der Waals surface area contributed by atoms with Crippen LogP contribution in [0, 0.1) is 0 Å². The fourth-order valence-electron chi connectivity index (χ4n) is 1.05. The van der Waals surface area contributed by atoms with Gasteiger partial charge in [-0.15, -0.1) is 0 Å². The normalized spacial score (nSPS) is 33.6. The number of carbonyl (C=O) groups is 1. The number of carboxylic acid groups (broad SMARTS) is 1. The van der Waals surface area contributed by atoms with Crippen LogP contribution in [-0.4, -0.2) is 46.6 Å². The number of likely N-dealkylation sites (N-methyl/N-ethyl adjacent to an activating group) is 1. The minimum atomic E-state index is -0.716. The molecule has 0 saturated carbocycles. The van der Waals surface area contributed by atoms with E-state index in [2.05, 4.69) is 0 Å². The lowest BCUT2D eigenvalue weighted by Gasteiger charge is -2.38. The quantitative estimate of drug-likeness (QED) is 0.630. The maximum absolute atomic E-state index is 10.8. The largest absolute Gasteiger partial charge is 0.480 e. The lowest BCUT2D eigenvalue weighted by atomic mass is 10.0. The monoisotopic (exact) mass is 175 g/mol. The van der Waals surface area contributed by atoms with Crippen LogP contribution in [0.2, 0.25) is 0 Å². The average Bonchev–Trinajstić information content (AvgIpc) is 1.95. The number of aliphatic carboxylic acids is 1. The Bertz CT molecular complexity index is 174. The summed E-state index contributed by atoms with van der Waals surface area (Å²) in [5, 5.41) is 8.91. The second-order valence-electron chi connectivity index (χ2n) is 3.05. The van der Waals surface area contributed by atoms with Crippen LogP contribution in [0.1, 0.15) is 6.92 Å². The molecule has 0 aromatic carbocycles. The van der Waals surface area contributed by atoms with Gasteiger partial charge in [0.15, 0.2) is 0 Å². The van der Waals surface area contributed by atoms with Gasteiger partial charge >= 0.3 is 5.97 Å². The van der Waals surface area contributed by atoms with Crippen LogP contribution in [-0.2, 0) is 4.79 Å². The summed E-state index contributed by atoms with van der Waals surface area (Å²) in [6.07, 6.45) is 0. The minimum Gasteiger partial charge on any atom is -0.480 e. The molecule has 0 aromatic heterocycles. The predicted octanol–water partition coefficient (Wildman–Crippen LogP) is 0.508. The summed E-state index contributed by atoms with van der Waals surface area (Å²) in [7, 11) is 1.87. The molecule has 0 aromatic rings. The topological polar surface area (TPSA) is 40.5 Å². The van der Waals surface area contributed by atoms with Crippen molar-refractivity contribution in [1.29, 1.82) is 0 Å². The van der Waals surface area contributed by atoms with E-state index in [9.17, 15) is 4.79 Å². The smallest absolute Gasteiger partial charge is 0.324 e. The molecule has 11 heavy (non-hydrogen) atoms. The average molecular weight is 175 g/mol. The van der Waals surface area contributed by atoms with Gasteiger partial charge in [-0.3, -0.25) is 9.69 Å². The fourth-order valence-corrected chi connectivity index (χ4v) is 2.34. The van der Waals surface area contributed by atoms with Crippen molar-refractivity contribution in [3.05, 3.63) is 0 Å². The second kappa shape index (κ2) is 3.03. The Kier molecular flexibility index (Phi) is 2.44. The van der Waals surface area contributed by atoms with E-state index in [-0.39, 0.29) is 0 Å². The molecule has 0 radical (unpaired) electrons. The van der Waals surface area contributed by atoms with Gasteiger partial charge < -0.3 is 5.11 Å². The van der Waals surface area contributed by atoms with Gasteiger partial charge in [0.2, 0.25) is 0 Å². The molecule has 0 bridgehead atoms. The Morgan fingerprint density at radius 3 is 2.73 bits per heavy atom. The number of rotatable bonds is 1. The molecule has 0 aliphatic carbocycles. The van der Waals surface area contributed by atoms with Crippen LogP contribution in [0.3, 0.4) is 0 Å². The van der Waals surface area contributed by atoms with E-state index in [0.29, 0.717) is 5.75 Å². The second-order valence-corrected chi connectivity index (χ2v) is 4.16. The SMILES string of the molecule is CN1CCSCC1(C)C(=O)O. The van der Waals surface area contributed by atoms with Crippen molar-refractivity contribution in [1.82, 2.24) is 4.90 Å². The third-order valence-electron chi connectivity index (χ3n) is 2.26. The number of hydrogen-bond acceptors (Lipinski definition) is 3. The summed E-state index contributed by atoms with van der Waals surface area (Å²) in [6.45, 7) is 2.65. The molecule has 1 saturated heterocycles. The zero-order valence-corrected chi connectivity index (χ0v) is 7.65. The molecular formula is C7H13NO2S. The molecule has 0 amide bonds. The van der Waals surface area contributed by atoms with Crippen molar-refractivity contribution >= 4 is 17.7 Å². The molecular weight excluding hydrogens is 162 g/mol. The summed E-state index contributed by atoms with van der Waals surface area (Å²) >= 11 is 1.71. The summed E-state index contributed by atoms with van der Waals surface area (Å²) in [5.74, 6) is 1.02. The van der Waals surface area contributed by atoms with Gasteiger partial charge in [0.05, 0.1) is 0 Å². The highest BCUT2D eigenvalue weighted by Gasteiger charge is 2.39. The predicted molar refractivity (Wildman–Crippen MR) is 46.0 cm³/mol. The molecule has 1 atom stereocenters. The summed E-state index contributed by atoms with van der Waals surface area (Å²) in [4.78, 5) is 12.7. The van der Waals surface area contributed by atoms with Gasteiger partial charge in [0.1, 0.15) is 5.54 Å². The van der Waals surface area contributed by atoms with E-state index < -0.39 is 11.5 Å². The highest BCUT2D eigenvalue weighted by Crippen LogP contribution is 2.24. The Morgan fingerprint density at radius 2 is 2.36 bits per heavy atom. The summed E-state index contributed by atoms with van der Waals surface area (Å²) < 4.78 is 0. The zero-order valence-electron chi connectivity index (χ0n) is 6.83. The van der Waals surface area contributed by atoms with Crippen molar-refractivity contribution in [2.75, 3.05) is 25.1 Å². The van der Waals surface area contributed by atoms with Crippen LogP contribution in [0.5, 0.6) is 0 Å². The van der Waals surface area contributed by atoms with Crippen molar-refractivity contribution < 1.29 is 9.90 Å². The number of thioether (sulfide) groups is 1. The lowest BCUT2D eigenvalue weighted by molar-refractivity contribution is -0.148. The van der Waals surface area contributed by atoms with E-state index in [1.54, 1.807) is 18.7 Å². The van der Waals surface area contributed by atoms with Crippen molar-refractivity contribution in [2.24, 2.45) is 0 Å². The molecule has 1 aliphatic heterocycles. The number of nitrogens with zero attached hydrogens (tertiary/aromatic N) is 1. The van der Waals surface area contributed by atoms with Gasteiger partial charge in [-0.05, 0) is 14.0 Å². The van der Waals surface area contributed by atoms with Crippen molar-refractivity contribution in [2.45, 2.75) is 12.5 Å². The fraction of sp³-hybridized carbons (Fsp3) is 0.857. The summed E-state index contributed by atoms with van der Waals surface area (Å²) in [6, 6.07) is 0. The van der Waals surface area contributed by atoms with Crippen LogP contribution >= 0.6 is 11.8 Å². The highest BCUT2D eigenvalue weighted by atomic mass is 32.2. The molecule has 1 rings (SSSR count). The molecule has 1 aliphatic rings. The minimum absolute atomic E-state index is 0.650. The number of carboxylic acids is 1. The lowest BCUT2D eigenvalue weighted by Crippen LogP contribution is -2.55.